The molecular weight excluding hydrogens is 729 g/mol. The van der Waals surface area contributed by atoms with Gasteiger partial charge in [0.25, 0.3) is 5.56 Å². The molecule has 2 aromatic heterocycles. The minimum Gasteiger partial charge on any atom is -0.309 e. The van der Waals surface area contributed by atoms with Gasteiger partial charge in [0.1, 0.15) is 0 Å². The highest BCUT2D eigenvalue weighted by atomic mass is 16.1. The average molecular weight is 765 g/mol. The van der Waals surface area contributed by atoms with Gasteiger partial charge in [-0.3, -0.25) is 9.36 Å². The van der Waals surface area contributed by atoms with Gasteiger partial charge >= 0.3 is 0 Å². The van der Waals surface area contributed by atoms with Crippen LogP contribution in [0.15, 0.2) is 223 Å². The lowest BCUT2D eigenvalue weighted by atomic mass is 9.85. The second kappa shape index (κ2) is 13.5. The highest BCUT2D eigenvalue weighted by Gasteiger charge is 2.19. The van der Waals surface area contributed by atoms with E-state index < -0.39 is 0 Å². The molecule has 12 rings (SSSR count). The zero-order chi connectivity index (χ0) is 39.7. The van der Waals surface area contributed by atoms with Crippen molar-refractivity contribution in [1.29, 1.82) is 0 Å². The summed E-state index contributed by atoms with van der Waals surface area (Å²) in [5.74, 6) is 0. The summed E-state index contributed by atoms with van der Waals surface area (Å²) in [6.07, 6.45) is 0. The summed E-state index contributed by atoms with van der Waals surface area (Å²) in [6.45, 7) is 0. The smallest absolute Gasteiger partial charge is 0.263 e. The lowest BCUT2D eigenvalue weighted by Crippen LogP contribution is -2.19. The Morgan fingerprint density at radius 3 is 1.28 bits per heavy atom. The Balaban J connectivity index is 0.997. The van der Waals surface area contributed by atoms with Crippen molar-refractivity contribution < 1.29 is 0 Å². The van der Waals surface area contributed by atoms with Crippen LogP contribution in [-0.4, -0.2) is 9.13 Å². The predicted octanol–water partition coefficient (Wildman–Crippen LogP) is 14.5. The van der Waals surface area contributed by atoms with Gasteiger partial charge in [0.2, 0.25) is 0 Å². The molecule has 0 atom stereocenters. The first-order valence-electron chi connectivity index (χ1n) is 20.5. The SMILES string of the molecule is O=c1c2ccccc2c2ccccc2n1-c1ccc(-c2c3ccccc3c(-c3ccc(-c4cccc5c4c4ccccc4n5-c4ccccc4)cc3)c3ccccc23)cc1. The number of nitrogens with zero attached hydrogens (tertiary/aromatic N) is 2. The molecule has 10 aromatic carbocycles. The molecule has 0 spiro atoms. The van der Waals surface area contributed by atoms with Crippen molar-refractivity contribution in [2.24, 2.45) is 0 Å². The first-order valence-corrected chi connectivity index (χ1v) is 20.5. The van der Waals surface area contributed by atoms with Crippen molar-refractivity contribution in [1.82, 2.24) is 9.13 Å². The molecule has 2 heterocycles. The van der Waals surface area contributed by atoms with Crippen molar-refractivity contribution >= 4 is 65.0 Å². The maximum Gasteiger partial charge on any atom is 0.263 e. The molecule has 0 radical (unpaired) electrons. The molecule has 0 aliphatic heterocycles. The van der Waals surface area contributed by atoms with Gasteiger partial charge < -0.3 is 4.57 Å². The highest BCUT2D eigenvalue weighted by molar-refractivity contribution is 6.22. The lowest BCUT2D eigenvalue weighted by Gasteiger charge is -2.18. The van der Waals surface area contributed by atoms with E-state index in [2.05, 4.69) is 180 Å². The third-order valence-electron chi connectivity index (χ3n) is 12.3. The van der Waals surface area contributed by atoms with Crippen LogP contribution in [0, 0.1) is 0 Å². The van der Waals surface area contributed by atoms with Crippen molar-refractivity contribution in [2.45, 2.75) is 0 Å². The minimum atomic E-state index is -0.0149. The van der Waals surface area contributed by atoms with Crippen LogP contribution in [0.1, 0.15) is 0 Å². The highest BCUT2D eigenvalue weighted by Crippen LogP contribution is 2.45. The van der Waals surface area contributed by atoms with Crippen LogP contribution in [0.5, 0.6) is 0 Å². The summed E-state index contributed by atoms with van der Waals surface area (Å²) in [4.78, 5) is 14.0. The van der Waals surface area contributed by atoms with E-state index in [1.54, 1.807) is 0 Å². The van der Waals surface area contributed by atoms with Crippen molar-refractivity contribution in [2.75, 3.05) is 0 Å². The molecule has 3 nitrogen and oxygen atoms in total. The van der Waals surface area contributed by atoms with Gasteiger partial charge in [0, 0.05) is 32.9 Å². The van der Waals surface area contributed by atoms with Gasteiger partial charge in [-0.1, -0.05) is 170 Å². The van der Waals surface area contributed by atoms with Crippen LogP contribution in [0.4, 0.5) is 0 Å². The molecule has 60 heavy (non-hydrogen) atoms. The van der Waals surface area contributed by atoms with Crippen molar-refractivity contribution in [3.8, 4) is 44.8 Å². The van der Waals surface area contributed by atoms with Crippen LogP contribution in [0.3, 0.4) is 0 Å². The van der Waals surface area contributed by atoms with Crippen LogP contribution in [0.25, 0.3) is 110 Å². The van der Waals surface area contributed by atoms with Crippen LogP contribution < -0.4 is 5.56 Å². The Morgan fingerprint density at radius 2 is 0.683 bits per heavy atom. The molecule has 0 saturated carbocycles. The molecule has 12 aromatic rings. The Bertz CT molecular complexity index is 3650. The fraction of sp³-hybridized carbons (Fsp3) is 0. The molecule has 3 heteroatoms. The largest absolute Gasteiger partial charge is 0.309 e. The molecule has 0 aliphatic carbocycles. The Hall–Kier alpha value is -8.01. The quantitative estimate of drug-likeness (QED) is 0.127. The average Bonchev–Trinajstić information content (AvgIpc) is 3.66. The van der Waals surface area contributed by atoms with E-state index >= 15 is 0 Å². The third-order valence-corrected chi connectivity index (χ3v) is 12.3. The molecule has 0 saturated heterocycles. The van der Waals surface area contributed by atoms with Crippen LogP contribution in [-0.2, 0) is 0 Å². The number of hydrogen-bond acceptors (Lipinski definition) is 1. The van der Waals surface area contributed by atoms with E-state index in [4.69, 9.17) is 0 Å². The van der Waals surface area contributed by atoms with Crippen molar-refractivity contribution in [3.05, 3.63) is 229 Å². The van der Waals surface area contributed by atoms with E-state index in [1.165, 1.54) is 71.2 Å². The number of pyridine rings is 1. The molecule has 0 aliphatic rings. The number of benzene rings is 10. The van der Waals surface area contributed by atoms with E-state index in [0.29, 0.717) is 5.39 Å². The van der Waals surface area contributed by atoms with E-state index in [-0.39, 0.29) is 5.56 Å². The van der Waals surface area contributed by atoms with E-state index in [9.17, 15) is 4.79 Å². The van der Waals surface area contributed by atoms with Crippen LogP contribution >= 0.6 is 0 Å². The third kappa shape index (κ3) is 5.13. The second-order valence-electron chi connectivity index (χ2n) is 15.6. The Morgan fingerprint density at radius 1 is 0.267 bits per heavy atom. The number of rotatable bonds is 5. The summed E-state index contributed by atoms with van der Waals surface area (Å²) >= 11 is 0. The summed E-state index contributed by atoms with van der Waals surface area (Å²) in [5.41, 5.74) is 12.4. The minimum absolute atomic E-state index is 0.0149. The Kier molecular flexibility index (Phi) is 7.69. The van der Waals surface area contributed by atoms with Gasteiger partial charge in [0.15, 0.2) is 0 Å². The molecule has 0 fully saturated rings. The summed E-state index contributed by atoms with van der Waals surface area (Å²) in [5, 5.41) is 10.0. The topological polar surface area (TPSA) is 26.9 Å². The molecule has 0 N–H and O–H groups in total. The molecule has 0 unspecified atom stereocenters. The monoisotopic (exact) mass is 764 g/mol. The van der Waals surface area contributed by atoms with Gasteiger partial charge in [-0.05, 0) is 109 Å². The fourth-order valence-electron chi connectivity index (χ4n) is 9.75. The number of hydrogen-bond donors (Lipinski definition) is 0. The molecular formula is C57H36N2O. The predicted molar refractivity (Wildman–Crippen MR) is 253 cm³/mol. The normalized spacial score (nSPS) is 11.7. The van der Waals surface area contributed by atoms with Gasteiger partial charge in [-0.2, -0.15) is 0 Å². The van der Waals surface area contributed by atoms with E-state index in [0.717, 1.165) is 33.2 Å². The first kappa shape index (κ1) is 34.1. The number of fused-ring (bicyclic) bond motifs is 8. The molecule has 0 bridgehead atoms. The number of para-hydroxylation sites is 3. The zero-order valence-corrected chi connectivity index (χ0v) is 32.6. The fourth-order valence-corrected chi connectivity index (χ4v) is 9.75. The summed E-state index contributed by atoms with van der Waals surface area (Å²) in [7, 11) is 0. The maximum absolute atomic E-state index is 14.0. The molecule has 0 amide bonds. The first-order chi connectivity index (χ1) is 29.7. The summed E-state index contributed by atoms with van der Waals surface area (Å²) < 4.78 is 4.23. The van der Waals surface area contributed by atoms with Crippen LogP contribution in [0.2, 0.25) is 0 Å². The second-order valence-corrected chi connectivity index (χ2v) is 15.6. The Labute approximate surface area is 346 Å². The lowest BCUT2D eigenvalue weighted by molar-refractivity contribution is 1.06. The molecule has 280 valence electrons. The van der Waals surface area contributed by atoms with Gasteiger partial charge in [-0.25, -0.2) is 0 Å². The van der Waals surface area contributed by atoms with Gasteiger partial charge in [0.05, 0.1) is 16.6 Å². The maximum atomic E-state index is 14.0. The number of aromatic nitrogens is 2. The summed E-state index contributed by atoms with van der Waals surface area (Å²) in [6, 6.07) is 77.3. The van der Waals surface area contributed by atoms with Gasteiger partial charge in [-0.15, -0.1) is 0 Å². The zero-order valence-electron chi connectivity index (χ0n) is 32.6. The van der Waals surface area contributed by atoms with Crippen molar-refractivity contribution in [3.63, 3.8) is 0 Å². The standard InChI is InChI=1S/C57H36N2O/c60-57-49-23-9-4-17-43(49)44-18-10-12-26-51(44)59(57)41-35-33-39(34-36-41)55-47-21-7-5-19-45(47)54(46-20-6-8-22-48(46)55)38-31-29-37(30-32-38)42-25-14-28-53-56(42)50-24-11-13-27-52(50)58(53)40-15-2-1-3-16-40/h1-36H. The van der Waals surface area contributed by atoms with E-state index in [1.807, 2.05) is 47.0 Å².